The second-order valence-electron chi connectivity index (χ2n) is 7.29. The maximum absolute atomic E-state index is 13.0. The van der Waals surface area contributed by atoms with Crippen molar-refractivity contribution < 1.29 is 9.59 Å². The van der Waals surface area contributed by atoms with Crippen LogP contribution in [0.5, 0.6) is 0 Å². The number of imidazole rings is 1. The monoisotopic (exact) mass is 397 g/mol. The number of carbonyl (C=O) groups is 2. The van der Waals surface area contributed by atoms with Gasteiger partial charge in [0.1, 0.15) is 0 Å². The minimum absolute atomic E-state index is 0.108. The minimum Gasteiger partial charge on any atom is -0.326 e. The highest BCUT2D eigenvalue weighted by Crippen LogP contribution is 2.20. The summed E-state index contributed by atoms with van der Waals surface area (Å²) in [5.41, 5.74) is 0.465. The van der Waals surface area contributed by atoms with Gasteiger partial charge in [-0.1, -0.05) is 13.8 Å². The lowest BCUT2D eigenvalue weighted by atomic mass is 10.0. The maximum Gasteiger partial charge on any atom is 0.332 e. The molecule has 9 heteroatoms. The van der Waals surface area contributed by atoms with Crippen LogP contribution in [-0.2, 0) is 18.9 Å². The summed E-state index contributed by atoms with van der Waals surface area (Å²) in [6.07, 6.45) is 1.39. The first-order valence-corrected chi connectivity index (χ1v) is 9.21. The summed E-state index contributed by atoms with van der Waals surface area (Å²) in [6.45, 7) is 5.26. The molecule has 0 radical (unpaired) electrons. The van der Waals surface area contributed by atoms with Crippen LogP contribution in [0.25, 0.3) is 11.2 Å². The Kier molecular flexibility index (Phi) is 5.23. The highest BCUT2D eigenvalue weighted by molar-refractivity contribution is 6.00. The first-order valence-electron chi connectivity index (χ1n) is 9.21. The van der Waals surface area contributed by atoms with Crippen LogP contribution < -0.4 is 16.6 Å². The number of hydrogen-bond acceptors (Lipinski definition) is 5. The van der Waals surface area contributed by atoms with Crippen molar-refractivity contribution in [2.24, 2.45) is 20.0 Å². The molecule has 0 spiro atoms. The smallest absolute Gasteiger partial charge is 0.326 e. The third-order valence-electron chi connectivity index (χ3n) is 4.93. The zero-order valence-corrected chi connectivity index (χ0v) is 17.0. The number of anilines is 1. The normalized spacial score (nSPS) is 12.3. The predicted molar refractivity (Wildman–Crippen MR) is 109 cm³/mol. The van der Waals surface area contributed by atoms with Gasteiger partial charge in [-0.15, -0.1) is 0 Å². The zero-order chi connectivity index (χ0) is 21.5. The molecule has 3 rings (SSSR count). The highest BCUT2D eigenvalue weighted by Gasteiger charge is 2.23. The van der Waals surface area contributed by atoms with Crippen molar-refractivity contribution in [3.63, 3.8) is 0 Å². The second kappa shape index (κ2) is 7.50. The van der Waals surface area contributed by atoms with Crippen LogP contribution in [0.1, 0.15) is 37.2 Å². The molecular formula is C20H23N5O4. The molecule has 1 amide bonds. The summed E-state index contributed by atoms with van der Waals surface area (Å²) in [7, 11) is 2.91. The van der Waals surface area contributed by atoms with Crippen LogP contribution in [0, 0.1) is 5.92 Å². The highest BCUT2D eigenvalue weighted by atomic mass is 16.2. The van der Waals surface area contributed by atoms with Crippen molar-refractivity contribution in [2.45, 2.75) is 26.8 Å². The Morgan fingerprint density at radius 2 is 1.62 bits per heavy atom. The van der Waals surface area contributed by atoms with E-state index in [9.17, 15) is 19.2 Å². The van der Waals surface area contributed by atoms with Crippen molar-refractivity contribution >= 4 is 28.5 Å². The number of nitrogens with one attached hydrogen (secondary N) is 1. The topological polar surface area (TPSA) is 108 Å². The lowest BCUT2D eigenvalue weighted by Gasteiger charge is -2.14. The van der Waals surface area contributed by atoms with Crippen LogP contribution in [0.4, 0.5) is 5.69 Å². The number of aromatic nitrogens is 4. The average molecular weight is 397 g/mol. The molecule has 29 heavy (non-hydrogen) atoms. The van der Waals surface area contributed by atoms with Crippen LogP contribution >= 0.6 is 0 Å². The van der Waals surface area contributed by atoms with E-state index in [4.69, 9.17) is 0 Å². The number of ketones is 1. The van der Waals surface area contributed by atoms with E-state index in [-0.39, 0.29) is 28.8 Å². The quantitative estimate of drug-likeness (QED) is 0.656. The minimum atomic E-state index is -0.707. The number of aryl methyl sites for hydroxylation is 1. The van der Waals surface area contributed by atoms with E-state index in [0.717, 1.165) is 4.57 Å². The fourth-order valence-corrected chi connectivity index (χ4v) is 3.03. The summed E-state index contributed by atoms with van der Waals surface area (Å²) in [5.74, 6) is -0.477. The summed E-state index contributed by atoms with van der Waals surface area (Å²) in [5, 5.41) is 2.77. The van der Waals surface area contributed by atoms with Crippen molar-refractivity contribution in [1.29, 1.82) is 0 Å². The van der Waals surface area contributed by atoms with E-state index in [1.54, 1.807) is 45.0 Å². The van der Waals surface area contributed by atoms with Crippen LogP contribution in [0.3, 0.4) is 0 Å². The Bertz CT molecular complexity index is 1210. The third kappa shape index (κ3) is 3.51. The van der Waals surface area contributed by atoms with Gasteiger partial charge in [0, 0.05) is 31.3 Å². The molecule has 0 aliphatic rings. The van der Waals surface area contributed by atoms with Crippen LogP contribution in [0.15, 0.2) is 40.2 Å². The second-order valence-corrected chi connectivity index (χ2v) is 7.29. The SMILES string of the molecule is CC(C)C(=O)Nc1ccc(C(=O)C(C)n2cnc3c2c(=O)n(C)c(=O)n3C)cc1. The molecule has 9 nitrogen and oxygen atoms in total. The number of fused-ring (bicyclic) bond motifs is 1. The maximum atomic E-state index is 13.0. The summed E-state index contributed by atoms with van der Waals surface area (Å²) >= 11 is 0. The number of nitrogens with zero attached hydrogens (tertiary/aromatic N) is 4. The standard InChI is InChI=1S/C20H23N5O4/c1-11(2)18(27)22-14-8-6-13(7-9-14)16(26)12(3)25-10-21-17-15(25)19(28)24(5)20(29)23(17)4/h6-12H,1-5H3,(H,22,27). The molecule has 1 atom stereocenters. The Hall–Kier alpha value is -3.49. The van der Waals surface area contributed by atoms with E-state index in [2.05, 4.69) is 10.3 Å². The van der Waals surface area contributed by atoms with Crippen LogP contribution in [-0.4, -0.2) is 30.4 Å². The number of Topliss-reactive ketones (excluding diaryl/α,β-unsaturated/α-hetero) is 1. The van der Waals surface area contributed by atoms with E-state index in [1.165, 1.54) is 29.6 Å². The number of hydrogen-bond donors (Lipinski definition) is 1. The molecule has 1 unspecified atom stereocenters. The molecule has 1 aromatic carbocycles. The van der Waals surface area contributed by atoms with Gasteiger partial charge in [0.2, 0.25) is 5.91 Å². The van der Waals surface area contributed by atoms with Gasteiger partial charge in [-0.25, -0.2) is 9.78 Å². The molecule has 0 saturated heterocycles. The molecule has 1 N–H and O–H groups in total. The fourth-order valence-electron chi connectivity index (χ4n) is 3.03. The van der Waals surface area contributed by atoms with E-state index >= 15 is 0 Å². The van der Waals surface area contributed by atoms with Gasteiger partial charge in [0.25, 0.3) is 5.56 Å². The lowest BCUT2D eigenvalue weighted by molar-refractivity contribution is -0.118. The Labute approximate surface area is 166 Å². The molecule has 0 aliphatic carbocycles. The molecule has 2 heterocycles. The molecule has 0 saturated carbocycles. The van der Waals surface area contributed by atoms with Gasteiger partial charge in [-0.2, -0.15) is 0 Å². The molecule has 2 aromatic heterocycles. The van der Waals surface area contributed by atoms with Gasteiger partial charge in [0.15, 0.2) is 16.9 Å². The average Bonchev–Trinajstić information content (AvgIpc) is 3.15. The van der Waals surface area contributed by atoms with Crippen molar-refractivity contribution in [1.82, 2.24) is 18.7 Å². The molecule has 3 aromatic rings. The number of benzene rings is 1. The van der Waals surface area contributed by atoms with Gasteiger partial charge in [-0.3, -0.25) is 23.5 Å². The van der Waals surface area contributed by atoms with Crippen molar-refractivity contribution in [3.8, 4) is 0 Å². The van der Waals surface area contributed by atoms with E-state index in [1.807, 2.05) is 0 Å². The lowest BCUT2D eigenvalue weighted by Crippen LogP contribution is -2.38. The van der Waals surface area contributed by atoms with E-state index in [0.29, 0.717) is 11.3 Å². The fraction of sp³-hybridized carbons (Fsp3) is 0.350. The Morgan fingerprint density at radius 1 is 1.00 bits per heavy atom. The zero-order valence-electron chi connectivity index (χ0n) is 17.0. The van der Waals surface area contributed by atoms with Crippen LogP contribution in [0.2, 0.25) is 0 Å². The number of rotatable bonds is 5. The molecule has 0 bridgehead atoms. The summed E-state index contributed by atoms with van der Waals surface area (Å²) < 4.78 is 3.74. The molecule has 152 valence electrons. The first kappa shape index (κ1) is 20.2. The Balaban J connectivity index is 1.94. The van der Waals surface area contributed by atoms with E-state index < -0.39 is 17.3 Å². The largest absolute Gasteiger partial charge is 0.332 e. The number of carbonyl (C=O) groups excluding carboxylic acids is 2. The van der Waals surface area contributed by atoms with Gasteiger partial charge < -0.3 is 9.88 Å². The van der Waals surface area contributed by atoms with Crippen molar-refractivity contribution in [3.05, 3.63) is 57.0 Å². The Morgan fingerprint density at radius 3 is 2.21 bits per heavy atom. The number of amides is 1. The first-order chi connectivity index (χ1) is 13.6. The summed E-state index contributed by atoms with van der Waals surface area (Å²) in [4.78, 5) is 53.6. The third-order valence-corrected chi connectivity index (χ3v) is 4.93. The molecular weight excluding hydrogens is 374 g/mol. The predicted octanol–water partition coefficient (Wildman–Crippen LogP) is 1.47. The molecule has 0 fully saturated rings. The van der Waals surface area contributed by atoms with Gasteiger partial charge in [-0.05, 0) is 31.2 Å². The van der Waals surface area contributed by atoms with Gasteiger partial charge in [0.05, 0.1) is 12.4 Å². The van der Waals surface area contributed by atoms with Gasteiger partial charge >= 0.3 is 5.69 Å². The summed E-state index contributed by atoms with van der Waals surface area (Å²) in [6, 6.07) is 5.87. The van der Waals surface area contributed by atoms with Crippen molar-refractivity contribution in [2.75, 3.05) is 5.32 Å². The molecule has 0 aliphatic heterocycles.